The van der Waals surface area contributed by atoms with E-state index in [1.807, 2.05) is 58.9 Å². The number of aromatic nitrogens is 8. The quantitative estimate of drug-likeness (QED) is 0.0677. The minimum atomic E-state index is -4.33. The summed E-state index contributed by atoms with van der Waals surface area (Å²) in [7, 11) is 0. The molecule has 0 fully saturated rings. The van der Waals surface area contributed by atoms with Gasteiger partial charge < -0.3 is 10.1 Å². The average Bonchev–Trinajstić information content (AvgIpc) is 3.38. The summed E-state index contributed by atoms with van der Waals surface area (Å²) in [4.78, 5) is 48.1. The van der Waals surface area contributed by atoms with Crippen LogP contribution in [0.15, 0.2) is 147 Å². The number of nitro groups is 2. The summed E-state index contributed by atoms with van der Waals surface area (Å²) < 4.78 is 95.2. The molecule has 0 bridgehead atoms. The monoisotopic (exact) mass is 1060 g/mol. The minimum absolute atomic E-state index is 0.0330. The van der Waals surface area contributed by atoms with Gasteiger partial charge in [-0.2, -0.15) is 41.3 Å². The Labute approximate surface area is 431 Å². The highest BCUT2D eigenvalue weighted by atomic mass is 19.4. The fraction of sp³-hybridized carbons (Fsp3) is 0.192. The van der Waals surface area contributed by atoms with Gasteiger partial charge >= 0.3 is 18.2 Å². The van der Waals surface area contributed by atoms with Gasteiger partial charge in [0.05, 0.1) is 22.2 Å². The second-order valence-corrected chi connectivity index (χ2v) is 15.2. The summed E-state index contributed by atoms with van der Waals surface area (Å²) in [6.45, 7) is 14.5. The van der Waals surface area contributed by atoms with Crippen LogP contribution in [-0.4, -0.2) is 49.7 Å². The number of alkyl halides is 6. The van der Waals surface area contributed by atoms with Crippen molar-refractivity contribution >= 4 is 11.5 Å². The maximum Gasteiger partial charge on any atom is 0.433 e. The molecule has 396 valence electrons. The molecule has 0 saturated carbocycles. The highest BCUT2D eigenvalue weighted by Crippen LogP contribution is 2.28. The predicted octanol–water partition coefficient (Wildman–Crippen LogP) is 13.0. The van der Waals surface area contributed by atoms with Crippen LogP contribution in [0, 0.1) is 110 Å². The number of rotatable bonds is 2. The van der Waals surface area contributed by atoms with E-state index in [0.717, 1.165) is 57.7 Å². The lowest BCUT2D eigenvalue weighted by Gasteiger charge is -2.04. The third kappa shape index (κ3) is 29.1. The van der Waals surface area contributed by atoms with Crippen molar-refractivity contribution in [1.29, 1.82) is 10.5 Å². The summed E-state index contributed by atoms with van der Waals surface area (Å²) in [5.74, 6) is -0.809. The summed E-state index contributed by atoms with van der Waals surface area (Å²) in [6, 6.07) is 27.9. The molecule has 0 aliphatic rings. The Bertz CT molecular complexity index is 2780. The van der Waals surface area contributed by atoms with Crippen LogP contribution in [-0.2, 0) is 12.4 Å². The lowest BCUT2D eigenvalue weighted by molar-refractivity contribution is -0.389. The van der Waals surface area contributed by atoms with E-state index in [1.54, 1.807) is 69.6 Å². The zero-order chi connectivity index (χ0) is 57.4. The van der Waals surface area contributed by atoms with Gasteiger partial charge in [0.2, 0.25) is 5.95 Å². The maximum absolute atomic E-state index is 12.0. The summed E-state index contributed by atoms with van der Waals surface area (Å²) in [6.07, 6.45) is 2.08. The van der Waals surface area contributed by atoms with Crippen molar-refractivity contribution in [3.63, 3.8) is 0 Å². The number of hydrogen-bond donors (Lipinski definition) is 0. The van der Waals surface area contributed by atoms with E-state index in [2.05, 4.69) is 39.9 Å². The summed E-state index contributed by atoms with van der Waals surface area (Å²) >= 11 is 0. The van der Waals surface area contributed by atoms with Crippen molar-refractivity contribution in [3.05, 3.63) is 246 Å². The van der Waals surface area contributed by atoms with E-state index in [1.165, 1.54) is 67.4 Å². The van der Waals surface area contributed by atoms with Crippen molar-refractivity contribution in [3.8, 4) is 12.1 Å². The van der Waals surface area contributed by atoms with Crippen LogP contribution in [0.5, 0.6) is 0 Å². The zero-order valence-electron chi connectivity index (χ0n) is 41.9. The minimum Gasteiger partial charge on any atom is -0.358 e. The molecule has 16 nitrogen and oxygen atoms in total. The van der Waals surface area contributed by atoms with Gasteiger partial charge in [0.1, 0.15) is 41.7 Å². The fourth-order valence-electron chi connectivity index (χ4n) is 4.37. The molecule has 0 unspecified atom stereocenters. The zero-order valence-corrected chi connectivity index (χ0v) is 41.9. The van der Waals surface area contributed by atoms with Crippen LogP contribution >= 0.6 is 0 Å². The number of hydrogen-bond acceptors (Lipinski definition) is 14. The summed E-state index contributed by atoms with van der Waals surface area (Å²) in [5, 5.41) is 36.8. The third-order valence-corrected chi connectivity index (χ3v) is 8.45. The Kier molecular flexibility index (Phi) is 28.2. The first-order chi connectivity index (χ1) is 35.6. The molecule has 0 N–H and O–H groups in total. The second kappa shape index (κ2) is 33.2. The fourth-order valence-corrected chi connectivity index (χ4v) is 4.37. The van der Waals surface area contributed by atoms with Crippen molar-refractivity contribution in [2.24, 2.45) is 0 Å². The highest BCUT2D eigenvalue weighted by Gasteiger charge is 2.32. The molecule has 76 heavy (non-hydrogen) atoms. The Balaban J connectivity index is 0.000000435. The highest BCUT2D eigenvalue weighted by molar-refractivity contribution is 5.27. The maximum atomic E-state index is 12.0. The number of aryl methyl sites for hydroxylation is 8. The molecule has 0 aliphatic heterocycles. The van der Waals surface area contributed by atoms with E-state index in [0.29, 0.717) is 17.0 Å². The molecular weight excluding hydrogens is 1010 g/mol. The van der Waals surface area contributed by atoms with Crippen LogP contribution in [0.3, 0.4) is 0 Å². The van der Waals surface area contributed by atoms with Crippen LogP contribution < -0.4 is 0 Å². The molecule has 0 amide bonds. The number of pyridine rings is 8. The van der Waals surface area contributed by atoms with Gasteiger partial charge in [-0.15, -0.1) is 0 Å². The first-order valence-electron chi connectivity index (χ1n) is 21.6. The number of halogens is 8. The van der Waals surface area contributed by atoms with Crippen LogP contribution in [0.25, 0.3) is 0 Å². The van der Waals surface area contributed by atoms with Crippen LogP contribution in [0.2, 0.25) is 0 Å². The normalized spacial score (nSPS) is 9.76. The van der Waals surface area contributed by atoms with Gasteiger partial charge in [0.15, 0.2) is 0 Å². The largest absolute Gasteiger partial charge is 0.433 e. The standard InChI is InChI=1S/2C7H6F3N.2C7H6N2.2C6H6FN.2C6H6N2O2/c1-5-2-3-6(4-11-5)7(8,9)10;1-5-2-3-6(11-4-5)7(8,9)10;1-6-2-3-7(4-8)5-9-6;1-6-2-3-7(4-8)9-5-6;1-5-2-3-6(7)4-8-5;1-5-2-3-6(7)8-4-5;1-5-2-3-6(4-7-5)8(9)10;1-5-2-3-6(7-4-5)8(9)10/h2*2-4H,1H3;2*2-3,5H,1H3;2*2-4H,1H3;2*2-4H,1H3. The Morgan fingerprint density at radius 3 is 1.22 bits per heavy atom. The molecule has 0 radical (unpaired) electrons. The van der Waals surface area contributed by atoms with E-state index in [9.17, 15) is 55.4 Å². The molecular formula is C52H48F8N12O4. The molecule has 0 atom stereocenters. The smallest absolute Gasteiger partial charge is 0.358 e. The lowest BCUT2D eigenvalue weighted by Crippen LogP contribution is -2.07. The lowest BCUT2D eigenvalue weighted by atomic mass is 10.2. The Hall–Kier alpha value is -9.58. The number of nitriles is 2. The summed E-state index contributed by atoms with van der Waals surface area (Å²) in [5.41, 5.74) is 6.41. The molecule has 8 rings (SSSR count). The van der Waals surface area contributed by atoms with Gasteiger partial charge in [-0.05, 0) is 154 Å². The predicted molar refractivity (Wildman–Crippen MR) is 264 cm³/mol. The molecule has 0 aromatic carbocycles. The van der Waals surface area contributed by atoms with Crippen molar-refractivity contribution in [2.45, 2.75) is 67.7 Å². The SMILES string of the molecule is Cc1ccc(C#N)cn1.Cc1ccc(C#N)nc1.Cc1ccc(C(F)(F)F)cn1.Cc1ccc(C(F)(F)F)nc1.Cc1ccc(F)cn1.Cc1ccc(F)nc1.Cc1ccc([N+](=O)[O-])cn1.Cc1ccc([N+](=O)[O-])nc1. The second-order valence-electron chi connectivity index (χ2n) is 15.2. The Morgan fingerprint density at radius 1 is 0.434 bits per heavy atom. The molecule has 8 heterocycles. The molecule has 8 aromatic rings. The van der Waals surface area contributed by atoms with Crippen molar-refractivity contribution in [1.82, 2.24) is 39.9 Å². The third-order valence-electron chi connectivity index (χ3n) is 8.45. The van der Waals surface area contributed by atoms with Gasteiger partial charge in [0.25, 0.3) is 5.69 Å². The molecule has 0 saturated heterocycles. The van der Waals surface area contributed by atoms with E-state index in [4.69, 9.17) is 10.5 Å². The average molecular weight is 1060 g/mol. The number of nitrogens with zero attached hydrogens (tertiary/aromatic N) is 12. The molecule has 8 aromatic heterocycles. The first kappa shape index (κ1) is 64.4. The Morgan fingerprint density at radius 2 is 0.908 bits per heavy atom. The van der Waals surface area contributed by atoms with Crippen LogP contribution in [0.1, 0.15) is 67.5 Å². The van der Waals surface area contributed by atoms with Crippen LogP contribution in [0.4, 0.5) is 46.6 Å². The van der Waals surface area contributed by atoms with E-state index >= 15 is 0 Å². The van der Waals surface area contributed by atoms with Gasteiger partial charge in [-0.1, -0.05) is 18.2 Å². The molecule has 24 heteroatoms. The topological polar surface area (TPSA) is 237 Å². The van der Waals surface area contributed by atoms with Gasteiger partial charge in [0, 0.05) is 65.9 Å². The molecule has 0 spiro atoms. The van der Waals surface area contributed by atoms with E-state index < -0.39 is 39.4 Å². The van der Waals surface area contributed by atoms with Crippen molar-refractivity contribution < 1.29 is 45.0 Å². The van der Waals surface area contributed by atoms with Gasteiger partial charge in [-0.3, -0.25) is 35.0 Å². The molecule has 0 aliphatic carbocycles. The first-order valence-corrected chi connectivity index (χ1v) is 21.6. The van der Waals surface area contributed by atoms with Crippen molar-refractivity contribution in [2.75, 3.05) is 0 Å². The van der Waals surface area contributed by atoms with Gasteiger partial charge in [-0.25, -0.2) is 14.4 Å². The van der Waals surface area contributed by atoms with E-state index in [-0.39, 0.29) is 17.3 Å².